The number of hydrogen-bond donors (Lipinski definition) is 1. The Morgan fingerprint density at radius 2 is 2.06 bits per heavy atom. The summed E-state index contributed by atoms with van der Waals surface area (Å²) < 4.78 is 5.36. The Balaban J connectivity index is 1.84. The van der Waals surface area contributed by atoms with E-state index in [1.165, 1.54) is 0 Å². The van der Waals surface area contributed by atoms with Gasteiger partial charge in [0.1, 0.15) is 5.60 Å². The number of nitrogens with one attached hydrogen (secondary N) is 1. The van der Waals surface area contributed by atoms with Gasteiger partial charge >= 0.3 is 6.09 Å². The molecule has 1 fully saturated rings. The second kappa shape index (κ2) is 4.20. The smallest absolute Gasteiger partial charge is 0.410 e. The second-order valence-electron chi connectivity index (χ2n) is 5.86. The van der Waals surface area contributed by atoms with Gasteiger partial charge in [0.2, 0.25) is 0 Å². The summed E-state index contributed by atoms with van der Waals surface area (Å²) in [5.74, 6) is 0. The molecule has 0 atom stereocenters. The number of aliphatic imine (C=N–C) groups is 1. The van der Waals surface area contributed by atoms with Crippen molar-refractivity contribution in [1.82, 2.24) is 10.2 Å². The fourth-order valence-corrected chi connectivity index (χ4v) is 2.19. The van der Waals surface area contributed by atoms with E-state index in [4.69, 9.17) is 4.74 Å². The summed E-state index contributed by atoms with van der Waals surface area (Å²) in [4.78, 5) is 17.9. The maximum Gasteiger partial charge on any atom is 0.410 e. The summed E-state index contributed by atoms with van der Waals surface area (Å²) >= 11 is 0. The van der Waals surface area contributed by atoms with Gasteiger partial charge in [-0.15, -0.1) is 0 Å². The molecule has 0 radical (unpaired) electrons. The average Bonchev–Trinajstić information content (AvgIpc) is 2.65. The van der Waals surface area contributed by atoms with Gasteiger partial charge in [-0.3, -0.25) is 4.99 Å². The molecule has 5 heteroatoms. The van der Waals surface area contributed by atoms with Crippen molar-refractivity contribution in [2.45, 2.75) is 44.8 Å². The van der Waals surface area contributed by atoms with Crippen LogP contribution >= 0.6 is 0 Å². The molecule has 96 valence electrons. The van der Waals surface area contributed by atoms with Crippen LogP contribution in [0.4, 0.5) is 4.79 Å². The van der Waals surface area contributed by atoms with Crippen molar-refractivity contribution >= 4 is 12.4 Å². The van der Waals surface area contributed by atoms with E-state index in [0.717, 1.165) is 32.5 Å². The summed E-state index contributed by atoms with van der Waals surface area (Å²) in [6.45, 7) is 7.99. The third-order valence-corrected chi connectivity index (χ3v) is 3.23. The molecule has 0 unspecified atom stereocenters. The SMILES string of the molecule is CC(C)(C)OC(=O)N1CCC2(CC1)CN=CN2. The van der Waals surface area contributed by atoms with Gasteiger partial charge in [-0.2, -0.15) is 0 Å². The van der Waals surface area contributed by atoms with E-state index in [1.807, 2.05) is 20.8 Å². The zero-order valence-corrected chi connectivity index (χ0v) is 10.8. The number of nitrogens with zero attached hydrogens (tertiary/aromatic N) is 2. The van der Waals surface area contributed by atoms with E-state index in [0.29, 0.717) is 0 Å². The van der Waals surface area contributed by atoms with Crippen LogP contribution in [0.25, 0.3) is 0 Å². The maximum absolute atomic E-state index is 11.9. The Labute approximate surface area is 102 Å². The summed E-state index contributed by atoms with van der Waals surface area (Å²) in [7, 11) is 0. The molecule has 2 heterocycles. The van der Waals surface area contributed by atoms with Crippen LogP contribution in [0.3, 0.4) is 0 Å². The number of carbonyl (C=O) groups is 1. The topological polar surface area (TPSA) is 53.9 Å². The van der Waals surface area contributed by atoms with Crippen LogP contribution in [0.1, 0.15) is 33.6 Å². The van der Waals surface area contributed by atoms with Gasteiger partial charge in [0.25, 0.3) is 0 Å². The highest BCUT2D eigenvalue weighted by Gasteiger charge is 2.37. The molecular formula is C12H21N3O2. The van der Waals surface area contributed by atoms with E-state index in [-0.39, 0.29) is 11.6 Å². The first-order chi connectivity index (χ1) is 7.90. The van der Waals surface area contributed by atoms with Crippen molar-refractivity contribution in [2.24, 2.45) is 4.99 Å². The molecule has 0 aromatic rings. The van der Waals surface area contributed by atoms with E-state index < -0.39 is 5.60 Å². The van der Waals surface area contributed by atoms with E-state index in [9.17, 15) is 4.79 Å². The molecule has 0 aromatic carbocycles. The standard InChI is InChI=1S/C12H21N3O2/c1-11(2,3)17-10(16)15-6-4-12(5-7-15)8-13-9-14-12/h9H,4-8H2,1-3H3,(H,13,14). The van der Waals surface area contributed by atoms with Gasteiger partial charge in [0.05, 0.1) is 18.4 Å². The Morgan fingerprint density at radius 1 is 1.41 bits per heavy atom. The minimum atomic E-state index is -0.416. The van der Waals surface area contributed by atoms with Crippen LogP contribution in [0.2, 0.25) is 0 Å². The Bertz CT molecular complexity index is 315. The summed E-state index contributed by atoms with van der Waals surface area (Å²) in [6, 6.07) is 0. The molecular weight excluding hydrogens is 218 g/mol. The van der Waals surface area contributed by atoms with Crippen molar-refractivity contribution in [1.29, 1.82) is 0 Å². The van der Waals surface area contributed by atoms with Crippen LogP contribution in [0.5, 0.6) is 0 Å². The van der Waals surface area contributed by atoms with Gasteiger partial charge in [-0.05, 0) is 33.6 Å². The molecule has 2 aliphatic rings. The molecule has 1 N–H and O–H groups in total. The third-order valence-electron chi connectivity index (χ3n) is 3.23. The molecule has 17 heavy (non-hydrogen) atoms. The number of likely N-dealkylation sites (tertiary alicyclic amines) is 1. The molecule has 2 rings (SSSR count). The number of ether oxygens (including phenoxy) is 1. The molecule has 1 amide bonds. The quantitative estimate of drug-likeness (QED) is 0.695. The predicted octanol–water partition coefficient (Wildman–Crippen LogP) is 1.39. The van der Waals surface area contributed by atoms with Crippen LogP contribution < -0.4 is 5.32 Å². The highest BCUT2D eigenvalue weighted by Crippen LogP contribution is 2.25. The Kier molecular flexibility index (Phi) is 3.02. The van der Waals surface area contributed by atoms with Gasteiger partial charge in [0, 0.05) is 13.1 Å². The molecule has 1 saturated heterocycles. The number of piperidine rings is 1. The third kappa shape index (κ3) is 2.90. The predicted molar refractivity (Wildman–Crippen MR) is 66.3 cm³/mol. The van der Waals surface area contributed by atoms with Crippen molar-refractivity contribution in [2.75, 3.05) is 19.6 Å². The summed E-state index contributed by atoms with van der Waals surface area (Å²) in [5, 5.41) is 3.31. The van der Waals surface area contributed by atoms with Crippen LogP contribution in [0.15, 0.2) is 4.99 Å². The summed E-state index contributed by atoms with van der Waals surface area (Å²) in [5.41, 5.74) is -0.320. The molecule has 2 aliphatic heterocycles. The van der Waals surface area contributed by atoms with E-state index >= 15 is 0 Å². The number of hydrogen-bond acceptors (Lipinski definition) is 4. The molecule has 0 aromatic heterocycles. The molecule has 1 spiro atoms. The fraction of sp³-hybridized carbons (Fsp3) is 0.833. The minimum absolute atomic E-state index is 0.0957. The number of amides is 1. The zero-order valence-electron chi connectivity index (χ0n) is 10.8. The van der Waals surface area contributed by atoms with Crippen LogP contribution in [-0.2, 0) is 4.74 Å². The van der Waals surface area contributed by atoms with Gasteiger partial charge in [-0.25, -0.2) is 4.79 Å². The maximum atomic E-state index is 11.9. The molecule has 0 aliphatic carbocycles. The monoisotopic (exact) mass is 239 g/mol. The van der Waals surface area contributed by atoms with Crippen molar-refractivity contribution in [3.8, 4) is 0 Å². The minimum Gasteiger partial charge on any atom is -0.444 e. The molecule has 0 bridgehead atoms. The van der Waals surface area contributed by atoms with E-state index in [2.05, 4.69) is 10.3 Å². The van der Waals surface area contributed by atoms with Crippen molar-refractivity contribution < 1.29 is 9.53 Å². The number of carbonyl (C=O) groups excluding carboxylic acids is 1. The normalized spacial score (nSPS) is 22.6. The average molecular weight is 239 g/mol. The second-order valence-corrected chi connectivity index (χ2v) is 5.86. The first-order valence-corrected chi connectivity index (χ1v) is 6.14. The lowest BCUT2D eigenvalue weighted by molar-refractivity contribution is 0.0167. The fourth-order valence-electron chi connectivity index (χ4n) is 2.19. The lowest BCUT2D eigenvalue weighted by Crippen LogP contribution is -2.54. The largest absolute Gasteiger partial charge is 0.444 e. The first-order valence-electron chi connectivity index (χ1n) is 6.14. The number of rotatable bonds is 0. The lowest BCUT2D eigenvalue weighted by atomic mass is 9.88. The lowest BCUT2D eigenvalue weighted by Gasteiger charge is -2.39. The van der Waals surface area contributed by atoms with Gasteiger partial charge in [0.15, 0.2) is 0 Å². The van der Waals surface area contributed by atoms with Gasteiger partial charge in [-0.1, -0.05) is 0 Å². The summed E-state index contributed by atoms with van der Waals surface area (Å²) in [6.07, 6.45) is 3.45. The zero-order chi connectivity index (χ0) is 12.5. The molecule has 0 saturated carbocycles. The van der Waals surface area contributed by atoms with Gasteiger partial charge < -0.3 is 15.0 Å². The molecule has 5 nitrogen and oxygen atoms in total. The van der Waals surface area contributed by atoms with Crippen molar-refractivity contribution in [3.05, 3.63) is 0 Å². The van der Waals surface area contributed by atoms with Crippen LogP contribution in [-0.4, -0.2) is 48.1 Å². The highest BCUT2D eigenvalue weighted by molar-refractivity contribution is 5.68. The van der Waals surface area contributed by atoms with E-state index in [1.54, 1.807) is 11.2 Å². The Hall–Kier alpha value is -1.26. The van der Waals surface area contributed by atoms with Crippen molar-refractivity contribution in [3.63, 3.8) is 0 Å². The Morgan fingerprint density at radius 3 is 2.53 bits per heavy atom. The highest BCUT2D eigenvalue weighted by atomic mass is 16.6. The first kappa shape index (κ1) is 12.2. The van der Waals surface area contributed by atoms with Crippen LogP contribution in [0, 0.1) is 0 Å².